The number of rotatable bonds is 12. The molecule has 0 saturated heterocycles. The Kier molecular flexibility index (Phi) is 11.0. The van der Waals surface area contributed by atoms with E-state index in [1.165, 1.54) is 11.8 Å². The van der Waals surface area contributed by atoms with Crippen molar-refractivity contribution in [1.82, 2.24) is 15.5 Å². The van der Waals surface area contributed by atoms with E-state index in [1.54, 1.807) is 4.90 Å². The van der Waals surface area contributed by atoms with Crippen LogP contribution in [0, 0.1) is 5.92 Å². The second-order valence-electron chi connectivity index (χ2n) is 8.71. The molecule has 5 N–H and O–H groups in total. The second-order valence-corrected chi connectivity index (χ2v) is 10.1. The molecular weight excluding hydrogens is 460 g/mol. The SMILES string of the molecule is CSCC[C@@H](NC(=O)[C@H]1Cc2ccccc2CN1C(=O)[C@H](NC[C@H](N)CS)C(C)C)C(=O)O. The van der Waals surface area contributed by atoms with Crippen LogP contribution in [-0.2, 0) is 27.3 Å². The van der Waals surface area contributed by atoms with Crippen molar-refractivity contribution >= 4 is 42.2 Å². The van der Waals surface area contributed by atoms with Crippen molar-refractivity contribution in [2.24, 2.45) is 11.7 Å². The molecule has 184 valence electrons. The molecule has 0 unspecified atom stereocenters. The molecule has 1 aromatic rings. The molecule has 0 aliphatic carbocycles. The smallest absolute Gasteiger partial charge is 0.326 e. The lowest BCUT2D eigenvalue weighted by Gasteiger charge is -2.39. The van der Waals surface area contributed by atoms with Gasteiger partial charge in [0.2, 0.25) is 11.8 Å². The molecule has 0 bridgehead atoms. The van der Waals surface area contributed by atoms with Gasteiger partial charge < -0.3 is 26.4 Å². The van der Waals surface area contributed by atoms with Crippen LogP contribution in [0.3, 0.4) is 0 Å². The standard InChI is InChI=1S/C23H36N4O4S2/c1-14(2)20(25-11-17(24)13-32)22(29)27-12-16-7-5-4-6-15(16)10-19(27)21(28)26-18(23(30)31)8-9-33-3/h4-7,14,17-20,25,32H,8-13,24H2,1-3H3,(H,26,28)(H,30,31)/t17-,18+,19+,20+/m0/s1. The van der Waals surface area contributed by atoms with E-state index in [9.17, 15) is 19.5 Å². The number of amides is 2. The van der Waals surface area contributed by atoms with Crippen molar-refractivity contribution in [3.63, 3.8) is 0 Å². The van der Waals surface area contributed by atoms with E-state index in [2.05, 4.69) is 23.3 Å². The zero-order valence-corrected chi connectivity index (χ0v) is 21.2. The van der Waals surface area contributed by atoms with Gasteiger partial charge in [0, 0.05) is 31.3 Å². The number of carboxylic acid groups (broad SMARTS) is 1. The second kappa shape index (κ2) is 13.2. The van der Waals surface area contributed by atoms with Crippen molar-refractivity contribution < 1.29 is 19.5 Å². The lowest BCUT2D eigenvalue weighted by Crippen LogP contribution is -2.60. The number of carboxylic acids is 1. The minimum atomic E-state index is -1.08. The fourth-order valence-electron chi connectivity index (χ4n) is 3.88. The van der Waals surface area contributed by atoms with E-state index in [1.807, 2.05) is 44.4 Å². The lowest BCUT2D eigenvalue weighted by molar-refractivity contribution is -0.146. The highest BCUT2D eigenvalue weighted by Gasteiger charge is 2.39. The van der Waals surface area contributed by atoms with Crippen molar-refractivity contribution in [1.29, 1.82) is 0 Å². The Bertz CT molecular complexity index is 823. The van der Waals surface area contributed by atoms with E-state index < -0.39 is 30.0 Å². The number of fused-ring (bicyclic) bond motifs is 1. The molecule has 0 saturated carbocycles. The molecule has 1 aliphatic heterocycles. The zero-order valence-electron chi connectivity index (χ0n) is 19.5. The van der Waals surface area contributed by atoms with E-state index in [-0.39, 0.29) is 17.9 Å². The Labute approximate surface area is 205 Å². The number of aliphatic carboxylic acids is 1. The molecule has 33 heavy (non-hydrogen) atoms. The average Bonchev–Trinajstić information content (AvgIpc) is 2.79. The lowest BCUT2D eigenvalue weighted by atomic mass is 9.91. The summed E-state index contributed by atoms with van der Waals surface area (Å²) in [5.41, 5.74) is 7.95. The average molecular weight is 497 g/mol. The van der Waals surface area contributed by atoms with Gasteiger partial charge in [-0.15, -0.1) is 0 Å². The third-order valence-electron chi connectivity index (χ3n) is 5.83. The largest absolute Gasteiger partial charge is 0.480 e. The molecule has 0 spiro atoms. The highest BCUT2D eigenvalue weighted by Crippen LogP contribution is 2.25. The van der Waals surface area contributed by atoms with Crippen LogP contribution >= 0.6 is 24.4 Å². The van der Waals surface area contributed by atoms with Gasteiger partial charge in [-0.1, -0.05) is 38.1 Å². The molecule has 2 amide bonds. The van der Waals surface area contributed by atoms with Gasteiger partial charge in [0.05, 0.1) is 6.04 Å². The molecular formula is C23H36N4O4S2. The molecule has 1 aromatic carbocycles. The molecule has 1 heterocycles. The summed E-state index contributed by atoms with van der Waals surface area (Å²) in [4.78, 5) is 40.2. The third kappa shape index (κ3) is 7.63. The monoisotopic (exact) mass is 496 g/mol. The van der Waals surface area contributed by atoms with Gasteiger partial charge >= 0.3 is 5.97 Å². The number of hydrogen-bond donors (Lipinski definition) is 5. The Morgan fingerprint density at radius 1 is 1.27 bits per heavy atom. The number of nitrogens with one attached hydrogen (secondary N) is 2. The molecule has 2 rings (SSSR count). The Morgan fingerprint density at radius 2 is 1.94 bits per heavy atom. The predicted octanol–water partition coefficient (Wildman–Crippen LogP) is 1.13. The quantitative estimate of drug-likeness (QED) is 0.275. The normalized spacial score (nSPS) is 18.4. The topological polar surface area (TPSA) is 125 Å². The minimum absolute atomic E-state index is 0.0288. The summed E-state index contributed by atoms with van der Waals surface area (Å²) in [6, 6.07) is 5.22. The number of carbonyl (C=O) groups excluding carboxylic acids is 2. The van der Waals surface area contributed by atoms with Crippen LogP contribution in [0.4, 0.5) is 0 Å². The highest BCUT2D eigenvalue weighted by atomic mass is 32.2. The van der Waals surface area contributed by atoms with Crippen molar-refractivity contribution in [3.8, 4) is 0 Å². The van der Waals surface area contributed by atoms with E-state index in [0.717, 1.165) is 11.1 Å². The van der Waals surface area contributed by atoms with Crippen LogP contribution in [0.15, 0.2) is 24.3 Å². The molecule has 0 radical (unpaired) electrons. The number of benzene rings is 1. The van der Waals surface area contributed by atoms with Gasteiger partial charge in [-0.3, -0.25) is 9.59 Å². The molecule has 0 aromatic heterocycles. The van der Waals surface area contributed by atoms with Crippen LogP contribution in [0.2, 0.25) is 0 Å². The maximum atomic E-state index is 13.7. The molecule has 0 fully saturated rings. The van der Waals surface area contributed by atoms with Crippen LogP contribution in [-0.4, -0.2) is 76.3 Å². The van der Waals surface area contributed by atoms with Crippen LogP contribution in [0.25, 0.3) is 0 Å². The summed E-state index contributed by atoms with van der Waals surface area (Å²) in [6.07, 6.45) is 2.54. The third-order valence-corrected chi connectivity index (χ3v) is 6.94. The molecule has 8 nitrogen and oxygen atoms in total. The summed E-state index contributed by atoms with van der Waals surface area (Å²) in [7, 11) is 0. The highest BCUT2D eigenvalue weighted by molar-refractivity contribution is 7.98. The van der Waals surface area contributed by atoms with Gasteiger partial charge in [0.25, 0.3) is 0 Å². The van der Waals surface area contributed by atoms with Crippen LogP contribution < -0.4 is 16.4 Å². The Hall–Kier alpha value is -1.75. The minimum Gasteiger partial charge on any atom is -0.480 e. The van der Waals surface area contributed by atoms with Gasteiger partial charge in [-0.05, 0) is 35.5 Å². The van der Waals surface area contributed by atoms with Crippen molar-refractivity contribution in [2.75, 3.05) is 24.3 Å². The number of nitrogens with two attached hydrogens (primary N) is 1. The fourth-order valence-corrected chi connectivity index (χ4v) is 4.48. The van der Waals surface area contributed by atoms with Gasteiger partial charge in [-0.25, -0.2) is 4.79 Å². The first-order chi connectivity index (χ1) is 15.7. The molecule has 4 atom stereocenters. The summed E-state index contributed by atoms with van der Waals surface area (Å²) in [5.74, 6) is -0.644. The predicted molar refractivity (Wildman–Crippen MR) is 136 cm³/mol. The number of thiol groups is 1. The van der Waals surface area contributed by atoms with Gasteiger partial charge in [0.1, 0.15) is 12.1 Å². The zero-order chi connectivity index (χ0) is 24.5. The van der Waals surface area contributed by atoms with Crippen molar-refractivity contribution in [2.45, 2.75) is 57.4 Å². The number of nitrogens with zero attached hydrogens (tertiary/aromatic N) is 1. The molecule has 10 heteroatoms. The first kappa shape index (κ1) is 27.5. The Morgan fingerprint density at radius 3 is 2.52 bits per heavy atom. The number of thioether (sulfide) groups is 1. The van der Waals surface area contributed by atoms with Crippen LogP contribution in [0.5, 0.6) is 0 Å². The first-order valence-electron chi connectivity index (χ1n) is 11.2. The first-order valence-corrected chi connectivity index (χ1v) is 13.2. The van der Waals surface area contributed by atoms with Gasteiger partial charge in [-0.2, -0.15) is 24.4 Å². The summed E-state index contributed by atoms with van der Waals surface area (Å²) < 4.78 is 0. The summed E-state index contributed by atoms with van der Waals surface area (Å²) in [6.45, 7) is 4.60. The summed E-state index contributed by atoms with van der Waals surface area (Å²) >= 11 is 5.72. The Balaban J connectivity index is 2.30. The van der Waals surface area contributed by atoms with Crippen LogP contribution in [0.1, 0.15) is 31.4 Å². The molecule has 1 aliphatic rings. The van der Waals surface area contributed by atoms with E-state index in [4.69, 9.17) is 5.73 Å². The number of carbonyl (C=O) groups is 3. The van der Waals surface area contributed by atoms with Gasteiger partial charge in [0.15, 0.2) is 0 Å². The maximum Gasteiger partial charge on any atom is 0.326 e. The van der Waals surface area contributed by atoms with E-state index in [0.29, 0.717) is 37.4 Å². The van der Waals surface area contributed by atoms with E-state index >= 15 is 0 Å². The van der Waals surface area contributed by atoms with Crippen molar-refractivity contribution in [3.05, 3.63) is 35.4 Å². The fraction of sp³-hybridized carbons (Fsp3) is 0.609. The maximum absolute atomic E-state index is 13.7. The number of hydrogen-bond acceptors (Lipinski definition) is 7. The summed E-state index contributed by atoms with van der Waals surface area (Å²) in [5, 5.41) is 15.5.